The van der Waals surface area contributed by atoms with Crippen molar-refractivity contribution >= 4 is 13.3 Å². The number of ether oxygens (including phenoxy) is 1. The average Bonchev–Trinajstić information content (AvgIpc) is 1.88. The lowest BCUT2D eigenvalue weighted by Gasteiger charge is -1.98. The fraction of sp³-hybridized carbons (Fsp3) is 0.286. The van der Waals surface area contributed by atoms with E-state index in [1.54, 1.807) is 7.11 Å². The second kappa shape index (κ2) is 3.37. The summed E-state index contributed by atoms with van der Waals surface area (Å²) in [5.74, 6) is 0. The van der Waals surface area contributed by atoms with Crippen LogP contribution in [0.5, 0.6) is 0 Å². The molecule has 52 valence electrons. The molecule has 0 radical (unpaired) electrons. The van der Waals surface area contributed by atoms with Crippen LogP contribution in [0.4, 0.5) is 0 Å². The van der Waals surface area contributed by atoms with Gasteiger partial charge in [0.25, 0.3) is 0 Å². The first kappa shape index (κ1) is 7.28. The summed E-state index contributed by atoms with van der Waals surface area (Å²) >= 11 is 0. The van der Waals surface area contributed by atoms with Gasteiger partial charge in [0.1, 0.15) is 7.85 Å². The zero-order valence-corrected chi connectivity index (χ0v) is 6.29. The molecule has 0 aliphatic rings. The normalized spacial score (nSPS) is 9.70. The summed E-state index contributed by atoms with van der Waals surface area (Å²) in [6.45, 7) is 0.648. The van der Waals surface area contributed by atoms with E-state index in [-0.39, 0.29) is 0 Å². The van der Waals surface area contributed by atoms with Gasteiger partial charge < -0.3 is 4.74 Å². The van der Waals surface area contributed by atoms with Crippen molar-refractivity contribution in [1.29, 1.82) is 0 Å². The number of nitrogens with zero attached hydrogens (tertiary/aromatic N) is 1. The Hall–Kier alpha value is -0.825. The number of rotatable bonds is 2. The molecule has 0 unspecified atom stereocenters. The predicted molar refractivity (Wildman–Crippen MR) is 43.1 cm³/mol. The largest absolute Gasteiger partial charge is 0.380 e. The molecule has 0 atom stereocenters. The molecule has 0 saturated carbocycles. The minimum absolute atomic E-state index is 0.648. The molecule has 0 bridgehead atoms. The maximum absolute atomic E-state index is 4.94. The minimum Gasteiger partial charge on any atom is -0.380 e. The fourth-order valence-corrected chi connectivity index (χ4v) is 0.863. The van der Waals surface area contributed by atoms with Crippen LogP contribution in [0.2, 0.25) is 0 Å². The summed E-state index contributed by atoms with van der Waals surface area (Å²) < 4.78 is 4.94. The summed E-state index contributed by atoms with van der Waals surface area (Å²) in [4.78, 5) is 4.02. The number of hydrogen-bond donors (Lipinski definition) is 0. The van der Waals surface area contributed by atoms with Gasteiger partial charge in [-0.25, -0.2) is 0 Å². The van der Waals surface area contributed by atoms with Crippen LogP contribution in [0.3, 0.4) is 0 Å². The van der Waals surface area contributed by atoms with E-state index in [2.05, 4.69) is 11.1 Å². The molecule has 10 heavy (non-hydrogen) atoms. The van der Waals surface area contributed by atoms with Gasteiger partial charge in [-0.3, -0.25) is 4.98 Å². The average molecular weight is 135 g/mol. The molecule has 0 aliphatic carbocycles. The van der Waals surface area contributed by atoms with Crippen molar-refractivity contribution in [3.8, 4) is 0 Å². The van der Waals surface area contributed by atoms with Crippen molar-refractivity contribution in [3.63, 3.8) is 0 Å². The SMILES string of the molecule is Bc1cncc(COC)c1. The minimum atomic E-state index is 0.648. The van der Waals surface area contributed by atoms with Crippen LogP contribution >= 0.6 is 0 Å². The molecule has 0 N–H and O–H groups in total. The monoisotopic (exact) mass is 135 g/mol. The summed E-state index contributed by atoms with van der Waals surface area (Å²) in [5, 5.41) is 0. The topological polar surface area (TPSA) is 22.1 Å². The first-order valence-electron chi connectivity index (χ1n) is 3.22. The van der Waals surface area contributed by atoms with Crippen LogP contribution in [0.15, 0.2) is 18.5 Å². The van der Waals surface area contributed by atoms with Crippen molar-refractivity contribution in [2.45, 2.75) is 6.61 Å². The Labute approximate surface area is 61.6 Å². The predicted octanol–water partition coefficient (Wildman–Crippen LogP) is -0.514. The fourth-order valence-electron chi connectivity index (χ4n) is 0.863. The van der Waals surface area contributed by atoms with E-state index in [0.29, 0.717) is 6.61 Å². The third-order valence-corrected chi connectivity index (χ3v) is 1.24. The number of aromatic nitrogens is 1. The molecule has 1 rings (SSSR count). The molecule has 2 nitrogen and oxygen atoms in total. The highest BCUT2D eigenvalue weighted by Gasteiger charge is 1.90. The zero-order valence-electron chi connectivity index (χ0n) is 6.29. The first-order chi connectivity index (χ1) is 4.83. The number of methoxy groups -OCH3 is 1. The highest BCUT2D eigenvalue weighted by Crippen LogP contribution is 1.93. The Morgan fingerprint density at radius 3 is 3.00 bits per heavy atom. The third-order valence-electron chi connectivity index (χ3n) is 1.24. The van der Waals surface area contributed by atoms with Crippen LogP contribution in [0.1, 0.15) is 5.56 Å². The van der Waals surface area contributed by atoms with E-state index in [9.17, 15) is 0 Å². The van der Waals surface area contributed by atoms with Gasteiger partial charge >= 0.3 is 0 Å². The van der Waals surface area contributed by atoms with Crippen LogP contribution in [0, 0.1) is 0 Å². The quantitative estimate of drug-likeness (QED) is 0.509. The molecule has 1 aromatic heterocycles. The van der Waals surface area contributed by atoms with Crippen molar-refractivity contribution in [2.24, 2.45) is 0 Å². The summed E-state index contributed by atoms with van der Waals surface area (Å²) in [5.41, 5.74) is 2.30. The lowest BCUT2D eigenvalue weighted by molar-refractivity contribution is 0.184. The van der Waals surface area contributed by atoms with Crippen molar-refractivity contribution in [2.75, 3.05) is 7.11 Å². The second-order valence-corrected chi connectivity index (χ2v) is 2.30. The maximum atomic E-state index is 4.94. The van der Waals surface area contributed by atoms with Crippen LogP contribution < -0.4 is 5.46 Å². The Morgan fingerprint density at radius 2 is 2.40 bits per heavy atom. The highest BCUT2D eigenvalue weighted by atomic mass is 16.5. The standard InChI is InChI=1S/C7H10BNO/c1-10-5-6-2-7(8)4-9-3-6/h2-4H,5,8H2,1H3. The molecule has 0 fully saturated rings. The van der Waals surface area contributed by atoms with E-state index in [0.717, 1.165) is 5.56 Å². The Bertz CT molecular complexity index is 215. The molecule has 0 aromatic carbocycles. The lowest BCUT2D eigenvalue weighted by atomic mass is 9.97. The lowest BCUT2D eigenvalue weighted by Crippen LogP contribution is -2.04. The highest BCUT2D eigenvalue weighted by molar-refractivity contribution is 6.32. The maximum Gasteiger partial charge on any atom is 0.141 e. The van der Waals surface area contributed by atoms with Gasteiger partial charge in [-0.15, -0.1) is 0 Å². The Morgan fingerprint density at radius 1 is 1.60 bits per heavy atom. The molecular weight excluding hydrogens is 125 g/mol. The van der Waals surface area contributed by atoms with E-state index in [1.165, 1.54) is 5.46 Å². The second-order valence-electron chi connectivity index (χ2n) is 2.30. The molecule has 0 aliphatic heterocycles. The smallest absolute Gasteiger partial charge is 0.141 e. The molecule has 0 spiro atoms. The number of hydrogen-bond acceptors (Lipinski definition) is 2. The van der Waals surface area contributed by atoms with Crippen molar-refractivity contribution < 1.29 is 4.74 Å². The van der Waals surface area contributed by atoms with Crippen molar-refractivity contribution in [3.05, 3.63) is 24.0 Å². The summed E-state index contributed by atoms with van der Waals surface area (Å²) in [7, 11) is 3.70. The Kier molecular flexibility index (Phi) is 2.45. The van der Waals surface area contributed by atoms with Gasteiger partial charge in [0.2, 0.25) is 0 Å². The van der Waals surface area contributed by atoms with Gasteiger partial charge in [0.05, 0.1) is 6.61 Å². The molecule has 1 heterocycles. The van der Waals surface area contributed by atoms with Crippen LogP contribution in [-0.4, -0.2) is 19.9 Å². The molecule has 0 amide bonds. The summed E-state index contributed by atoms with van der Waals surface area (Å²) in [6, 6.07) is 2.07. The molecule has 0 saturated heterocycles. The molecule has 1 aromatic rings. The van der Waals surface area contributed by atoms with Gasteiger partial charge in [0.15, 0.2) is 0 Å². The van der Waals surface area contributed by atoms with Crippen LogP contribution in [-0.2, 0) is 11.3 Å². The Balaban J connectivity index is 2.75. The van der Waals surface area contributed by atoms with E-state index in [4.69, 9.17) is 4.74 Å². The number of pyridine rings is 1. The zero-order chi connectivity index (χ0) is 7.40. The molecule has 3 heteroatoms. The van der Waals surface area contributed by atoms with Gasteiger partial charge in [-0.1, -0.05) is 11.5 Å². The van der Waals surface area contributed by atoms with Crippen molar-refractivity contribution in [1.82, 2.24) is 4.98 Å². The van der Waals surface area contributed by atoms with E-state index < -0.39 is 0 Å². The van der Waals surface area contributed by atoms with Gasteiger partial charge in [-0.05, 0) is 5.56 Å². The summed E-state index contributed by atoms with van der Waals surface area (Å²) in [6.07, 6.45) is 3.65. The van der Waals surface area contributed by atoms with Crippen LogP contribution in [0.25, 0.3) is 0 Å². The molecular formula is C7H10BNO. The van der Waals surface area contributed by atoms with E-state index >= 15 is 0 Å². The van der Waals surface area contributed by atoms with Gasteiger partial charge in [0, 0.05) is 19.5 Å². The van der Waals surface area contributed by atoms with E-state index in [1.807, 2.05) is 20.2 Å². The van der Waals surface area contributed by atoms with Gasteiger partial charge in [-0.2, -0.15) is 0 Å². The first-order valence-corrected chi connectivity index (χ1v) is 3.22. The third kappa shape index (κ3) is 1.85.